The quantitative estimate of drug-likeness (QED) is 0.818. The fourth-order valence-corrected chi connectivity index (χ4v) is 3.07. The zero-order valence-electron chi connectivity index (χ0n) is 15.5. The second-order valence-electron chi connectivity index (χ2n) is 7.84. The van der Waals surface area contributed by atoms with Crippen molar-refractivity contribution in [2.45, 2.75) is 71.8 Å². The van der Waals surface area contributed by atoms with Gasteiger partial charge in [0.05, 0.1) is 12.6 Å². The van der Waals surface area contributed by atoms with Crippen LogP contribution in [0.1, 0.15) is 52.2 Å². The van der Waals surface area contributed by atoms with Crippen molar-refractivity contribution in [3.63, 3.8) is 0 Å². The lowest BCUT2D eigenvalue weighted by atomic mass is 10.00. The van der Waals surface area contributed by atoms with E-state index < -0.39 is 11.3 Å². The van der Waals surface area contributed by atoms with Gasteiger partial charge in [0, 0.05) is 0 Å². The normalized spacial score (nSPS) is 20.3. The number of ether oxygens (including phenoxy) is 2. The second kappa shape index (κ2) is 6.71. The molecule has 0 saturated carbocycles. The lowest BCUT2D eigenvalue weighted by Crippen LogP contribution is -2.50. The second-order valence-corrected chi connectivity index (χ2v) is 7.84. The van der Waals surface area contributed by atoms with E-state index in [-0.39, 0.29) is 18.0 Å². The van der Waals surface area contributed by atoms with Crippen molar-refractivity contribution >= 4 is 6.09 Å². The molecule has 1 heterocycles. The van der Waals surface area contributed by atoms with Crippen molar-refractivity contribution in [2.75, 3.05) is 6.61 Å². The average Bonchev–Trinajstić information content (AvgIpc) is 2.71. The van der Waals surface area contributed by atoms with E-state index in [2.05, 4.69) is 0 Å². The van der Waals surface area contributed by atoms with Crippen LogP contribution >= 0.6 is 0 Å². The lowest BCUT2D eigenvalue weighted by molar-refractivity contribution is -0.0626. The van der Waals surface area contributed by atoms with Crippen molar-refractivity contribution in [1.29, 1.82) is 0 Å². The summed E-state index contributed by atoms with van der Waals surface area (Å²) >= 11 is 0. The molecule has 0 spiro atoms. The molecular weight excluding hydrogens is 309 g/mol. The first-order valence-electron chi connectivity index (χ1n) is 8.41. The number of halogens is 1. The molecule has 5 heteroatoms. The molecule has 0 N–H and O–H groups in total. The number of benzene rings is 1. The van der Waals surface area contributed by atoms with Crippen LogP contribution in [0.15, 0.2) is 18.2 Å². The van der Waals surface area contributed by atoms with E-state index in [4.69, 9.17) is 9.47 Å². The number of carbonyl (C=O) groups is 1. The Bertz CT molecular complexity index is 587. The summed E-state index contributed by atoms with van der Waals surface area (Å²) in [6, 6.07) is 4.96. The molecule has 24 heavy (non-hydrogen) atoms. The molecule has 1 amide bonds. The predicted molar refractivity (Wildman–Crippen MR) is 91.4 cm³/mol. The Kier molecular flexibility index (Phi) is 5.23. The van der Waals surface area contributed by atoms with Gasteiger partial charge in [0.2, 0.25) is 0 Å². The topological polar surface area (TPSA) is 38.8 Å². The molecule has 1 saturated heterocycles. The first kappa shape index (κ1) is 18.7. The van der Waals surface area contributed by atoms with Crippen LogP contribution in [0, 0.1) is 12.7 Å². The third kappa shape index (κ3) is 4.26. The van der Waals surface area contributed by atoms with E-state index in [1.165, 1.54) is 6.07 Å². The fraction of sp³-hybridized carbons (Fsp3) is 0.632. The maximum atomic E-state index is 14.0. The van der Waals surface area contributed by atoms with E-state index in [0.29, 0.717) is 25.0 Å². The van der Waals surface area contributed by atoms with Crippen LogP contribution in [0.25, 0.3) is 0 Å². The molecule has 1 aliphatic rings. The first-order valence-corrected chi connectivity index (χ1v) is 8.41. The van der Waals surface area contributed by atoms with Gasteiger partial charge in [0.15, 0.2) is 0 Å². The Labute approximate surface area is 143 Å². The summed E-state index contributed by atoms with van der Waals surface area (Å²) in [5.74, 6) is -0.197. The molecule has 0 aliphatic carbocycles. The summed E-state index contributed by atoms with van der Waals surface area (Å²) in [5, 5.41) is 0. The summed E-state index contributed by atoms with van der Waals surface area (Å²) in [4.78, 5) is 14.2. The fourth-order valence-electron chi connectivity index (χ4n) is 3.07. The van der Waals surface area contributed by atoms with Gasteiger partial charge in [0.1, 0.15) is 17.1 Å². The minimum absolute atomic E-state index is 0.131. The number of hydrogen-bond acceptors (Lipinski definition) is 3. The molecule has 2 rings (SSSR count). The molecule has 0 unspecified atom stereocenters. The van der Waals surface area contributed by atoms with E-state index in [1.54, 1.807) is 11.0 Å². The van der Waals surface area contributed by atoms with Gasteiger partial charge >= 0.3 is 6.09 Å². The van der Waals surface area contributed by atoms with E-state index in [9.17, 15) is 9.18 Å². The molecule has 1 aromatic rings. The van der Waals surface area contributed by atoms with Crippen molar-refractivity contribution in [3.05, 3.63) is 35.1 Å². The molecule has 1 atom stereocenters. The molecule has 1 fully saturated rings. The van der Waals surface area contributed by atoms with Gasteiger partial charge in [-0.3, -0.25) is 4.90 Å². The van der Waals surface area contributed by atoms with Crippen molar-refractivity contribution in [3.8, 4) is 0 Å². The van der Waals surface area contributed by atoms with Crippen molar-refractivity contribution < 1.29 is 18.7 Å². The Hall–Kier alpha value is -1.62. The van der Waals surface area contributed by atoms with Gasteiger partial charge in [-0.15, -0.1) is 0 Å². The van der Waals surface area contributed by atoms with E-state index >= 15 is 0 Å². The monoisotopic (exact) mass is 337 g/mol. The first-order chi connectivity index (χ1) is 11.0. The summed E-state index contributed by atoms with van der Waals surface area (Å²) in [5.41, 5.74) is 0.336. The van der Waals surface area contributed by atoms with Crippen LogP contribution in [0.5, 0.6) is 0 Å². The summed E-state index contributed by atoms with van der Waals surface area (Å²) in [7, 11) is 0. The highest BCUT2D eigenvalue weighted by atomic mass is 19.1. The summed E-state index contributed by atoms with van der Waals surface area (Å²) in [6.45, 7) is 11.6. The van der Waals surface area contributed by atoms with Gasteiger partial charge < -0.3 is 9.47 Å². The highest BCUT2D eigenvalue weighted by molar-refractivity contribution is 5.69. The summed E-state index contributed by atoms with van der Waals surface area (Å²) in [6.07, 6.45) is 0.798. The Morgan fingerprint density at radius 1 is 1.42 bits per heavy atom. The highest BCUT2D eigenvalue weighted by Gasteiger charge is 2.45. The predicted octanol–water partition coefficient (Wildman–Crippen LogP) is 4.44. The summed E-state index contributed by atoms with van der Waals surface area (Å²) < 4.78 is 25.3. The molecule has 0 bridgehead atoms. The number of carbonyl (C=O) groups excluding carboxylic acids is 1. The molecular formula is C19H28FNO3. The number of amides is 1. The zero-order chi connectivity index (χ0) is 18.1. The molecule has 4 nitrogen and oxygen atoms in total. The largest absolute Gasteiger partial charge is 0.444 e. The van der Waals surface area contributed by atoms with Crippen LogP contribution in [0.3, 0.4) is 0 Å². The number of nitrogens with zero attached hydrogens (tertiary/aromatic N) is 1. The van der Waals surface area contributed by atoms with Crippen LogP contribution < -0.4 is 0 Å². The van der Waals surface area contributed by atoms with Crippen LogP contribution in [0.2, 0.25) is 0 Å². The molecule has 134 valence electrons. The third-order valence-corrected chi connectivity index (χ3v) is 4.25. The standard InChI is InChI=1S/C19H28FNO3/c1-13-8-7-9-16(20)15(13)11-10-14-12-23-19(5,6)21(14)17(22)24-18(2,3)4/h7-9,14H,10-12H2,1-6H3/t14-/m0/s1. The smallest absolute Gasteiger partial charge is 0.412 e. The van der Waals surface area contributed by atoms with E-state index in [1.807, 2.05) is 47.6 Å². The molecule has 0 radical (unpaired) electrons. The van der Waals surface area contributed by atoms with Gasteiger partial charge in [-0.2, -0.15) is 0 Å². The van der Waals surface area contributed by atoms with Crippen LogP contribution in [0.4, 0.5) is 9.18 Å². The van der Waals surface area contributed by atoms with Gasteiger partial charge in [-0.05, 0) is 71.6 Å². The average molecular weight is 337 g/mol. The van der Waals surface area contributed by atoms with Crippen molar-refractivity contribution in [2.24, 2.45) is 0 Å². The van der Waals surface area contributed by atoms with Gasteiger partial charge in [-0.25, -0.2) is 9.18 Å². The third-order valence-electron chi connectivity index (χ3n) is 4.25. The molecule has 1 aromatic carbocycles. The molecule has 1 aliphatic heterocycles. The van der Waals surface area contributed by atoms with Crippen LogP contribution in [-0.2, 0) is 15.9 Å². The molecule has 0 aromatic heterocycles. The number of hydrogen-bond donors (Lipinski definition) is 0. The Morgan fingerprint density at radius 2 is 2.08 bits per heavy atom. The van der Waals surface area contributed by atoms with E-state index in [0.717, 1.165) is 5.56 Å². The number of aryl methyl sites for hydroxylation is 1. The maximum Gasteiger partial charge on any atom is 0.412 e. The highest BCUT2D eigenvalue weighted by Crippen LogP contribution is 2.32. The minimum Gasteiger partial charge on any atom is -0.444 e. The Balaban J connectivity index is 2.12. The number of rotatable bonds is 3. The zero-order valence-corrected chi connectivity index (χ0v) is 15.5. The van der Waals surface area contributed by atoms with Gasteiger partial charge in [0.25, 0.3) is 0 Å². The SMILES string of the molecule is Cc1cccc(F)c1CC[C@H]1COC(C)(C)N1C(=O)OC(C)(C)C. The minimum atomic E-state index is -0.725. The van der Waals surface area contributed by atoms with Crippen molar-refractivity contribution in [1.82, 2.24) is 4.90 Å². The van der Waals surface area contributed by atoms with Crippen LogP contribution in [-0.4, -0.2) is 35.0 Å². The maximum absolute atomic E-state index is 14.0. The Morgan fingerprint density at radius 3 is 2.67 bits per heavy atom. The van der Waals surface area contributed by atoms with Gasteiger partial charge in [-0.1, -0.05) is 12.1 Å². The lowest BCUT2D eigenvalue weighted by Gasteiger charge is -2.35.